The second-order valence-electron chi connectivity index (χ2n) is 3.50. The van der Waals surface area contributed by atoms with E-state index in [9.17, 15) is 5.11 Å². The molecule has 5 heteroatoms. The number of fused-ring (bicyclic) bond motifs is 1. The van der Waals surface area contributed by atoms with E-state index in [0.717, 1.165) is 16.9 Å². The van der Waals surface area contributed by atoms with Gasteiger partial charge in [-0.3, -0.25) is 0 Å². The molecule has 1 atom stereocenters. The fourth-order valence-corrected chi connectivity index (χ4v) is 1.60. The van der Waals surface area contributed by atoms with Gasteiger partial charge in [0.05, 0.1) is 16.9 Å². The topological polar surface area (TPSA) is 62.5 Å². The number of hydrogen-bond donors (Lipinski definition) is 2. The highest BCUT2D eigenvalue weighted by Gasteiger charge is 2.12. The van der Waals surface area contributed by atoms with Crippen LogP contribution in [-0.4, -0.2) is 33.5 Å². The maximum atomic E-state index is 9.88. The Kier molecular flexibility index (Phi) is 2.66. The van der Waals surface area contributed by atoms with Crippen LogP contribution in [0.5, 0.6) is 0 Å². The van der Waals surface area contributed by atoms with E-state index < -0.39 is 6.10 Å². The van der Waals surface area contributed by atoms with Crippen LogP contribution in [0.4, 0.5) is 0 Å². The molecule has 0 aromatic carbocycles. The Labute approximate surface area is 87.7 Å². The highest BCUT2D eigenvalue weighted by molar-refractivity contribution is 5.50. The summed E-state index contributed by atoms with van der Waals surface area (Å²) in [5, 5.41) is 20.8. The first-order valence-electron chi connectivity index (χ1n) is 4.87. The third-order valence-corrected chi connectivity index (χ3v) is 2.39. The third kappa shape index (κ3) is 1.71. The molecular weight excluding hydrogens is 192 g/mol. The highest BCUT2D eigenvalue weighted by Crippen LogP contribution is 2.15. The zero-order valence-corrected chi connectivity index (χ0v) is 8.81. The summed E-state index contributed by atoms with van der Waals surface area (Å²) >= 11 is 0. The number of nitrogens with one attached hydrogen (secondary N) is 1. The summed E-state index contributed by atoms with van der Waals surface area (Å²) in [5.41, 5.74) is 2.55. The smallest absolute Gasteiger partial charge is 0.108 e. The number of pyridine rings is 1. The van der Waals surface area contributed by atoms with Gasteiger partial charge >= 0.3 is 0 Å². The Morgan fingerprint density at radius 1 is 1.53 bits per heavy atom. The van der Waals surface area contributed by atoms with Gasteiger partial charge in [-0.25, -0.2) is 4.52 Å². The molecule has 5 nitrogen and oxygen atoms in total. The zero-order valence-electron chi connectivity index (χ0n) is 8.81. The third-order valence-electron chi connectivity index (χ3n) is 2.39. The number of aromatic nitrogens is 3. The Morgan fingerprint density at radius 3 is 3.07 bits per heavy atom. The summed E-state index contributed by atoms with van der Waals surface area (Å²) in [6.07, 6.45) is -0.570. The summed E-state index contributed by atoms with van der Waals surface area (Å²) in [6, 6.07) is 5.69. The van der Waals surface area contributed by atoms with Crippen molar-refractivity contribution >= 4 is 5.52 Å². The Balaban J connectivity index is 2.51. The lowest BCUT2D eigenvalue weighted by Gasteiger charge is -2.11. The predicted molar refractivity (Wildman–Crippen MR) is 56.6 cm³/mol. The van der Waals surface area contributed by atoms with Gasteiger partial charge in [0.2, 0.25) is 0 Å². The molecular formula is C10H14N4O. The average Bonchev–Trinajstić information content (AvgIpc) is 2.61. The lowest BCUT2D eigenvalue weighted by molar-refractivity contribution is 0.170. The molecule has 0 saturated carbocycles. The first kappa shape index (κ1) is 10.1. The Hall–Kier alpha value is -1.46. The van der Waals surface area contributed by atoms with Crippen molar-refractivity contribution in [2.45, 2.75) is 13.0 Å². The number of nitrogens with zero attached hydrogens (tertiary/aromatic N) is 3. The SMILES string of the molecule is CNCC(O)c1cccc2c(C)nnn12. The lowest BCUT2D eigenvalue weighted by Crippen LogP contribution is -2.19. The quantitative estimate of drug-likeness (QED) is 0.757. The van der Waals surface area contributed by atoms with E-state index in [4.69, 9.17) is 0 Å². The molecule has 2 N–H and O–H groups in total. The second-order valence-corrected chi connectivity index (χ2v) is 3.50. The Bertz CT molecular complexity index is 465. The van der Waals surface area contributed by atoms with E-state index in [0.29, 0.717) is 6.54 Å². The number of likely N-dealkylation sites (N-methyl/N-ethyl adjacent to an activating group) is 1. The van der Waals surface area contributed by atoms with E-state index in [-0.39, 0.29) is 0 Å². The molecule has 0 radical (unpaired) electrons. The molecule has 2 aromatic heterocycles. The van der Waals surface area contributed by atoms with Crippen molar-refractivity contribution in [3.63, 3.8) is 0 Å². The molecule has 0 fully saturated rings. The maximum Gasteiger partial charge on any atom is 0.108 e. The summed E-state index contributed by atoms with van der Waals surface area (Å²) in [7, 11) is 1.80. The van der Waals surface area contributed by atoms with Crippen LogP contribution in [0.25, 0.3) is 5.52 Å². The van der Waals surface area contributed by atoms with Crippen molar-refractivity contribution in [1.29, 1.82) is 0 Å². The fraction of sp³-hybridized carbons (Fsp3) is 0.400. The number of hydrogen-bond acceptors (Lipinski definition) is 4. The van der Waals surface area contributed by atoms with Crippen molar-refractivity contribution in [1.82, 2.24) is 20.1 Å². The van der Waals surface area contributed by atoms with Crippen LogP contribution in [0.15, 0.2) is 18.2 Å². The number of aryl methyl sites for hydroxylation is 1. The van der Waals surface area contributed by atoms with Crippen molar-refractivity contribution in [2.24, 2.45) is 0 Å². The van der Waals surface area contributed by atoms with Crippen molar-refractivity contribution in [2.75, 3.05) is 13.6 Å². The minimum absolute atomic E-state index is 0.498. The summed E-state index contributed by atoms with van der Waals surface area (Å²) in [5.74, 6) is 0. The first-order chi connectivity index (χ1) is 7.24. The normalized spacial score (nSPS) is 13.3. The standard InChI is InChI=1S/C10H14N4O/c1-7-8-4-3-5-9(10(15)6-11-2)14(8)13-12-7/h3-5,10-11,15H,6H2,1-2H3. The average molecular weight is 206 g/mol. The van der Waals surface area contributed by atoms with Crippen LogP contribution in [-0.2, 0) is 0 Å². The van der Waals surface area contributed by atoms with Crippen LogP contribution in [0, 0.1) is 6.92 Å². The van der Waals surface area contributed by atoms with Gasteiger partial charge in [-0.1, -0.05) is 11.3 Å². The van der Waals surface area contributed by atoms with Crippen LogP contribution >= 0.6 is 0 Å². The van der Waals surface area contributed by atoms with Crippen LogP contribution in [0.2, 0.25) is 0 Å². The minimum Gasteiger partial charge on any atom is -0.385 e. The largest absolute Gasteiger partial charge is 0.385 e. The lowest BCUT2D eigenvalue weighted by atomic mass is 10.2. The van der Waals surface area contributed by atoms with E-state index >= 15 is 0 Å². The van der Waals surface area contributed by atoms with E-state index in [2.05, 4.69) is 15.6 Å². The molecule has 0 amide bonds. The molecule has 0 aliphatic rings. The molecule has 2 aromatic rings. The van der Waals surface area contributed by atoms with Crippen LogP contribution in [0.3, 0.4) is 0 Å². The van der Waals surface area contributed by atoms with Gasteiger partial charge in [0.25, 0.3) is 0 Å². The predicted octanol–water partition coefficient (Wildman–Crippen LogP) is 0.291. The molecule has 0 saturated heterocycles. The summed E-state index contributed by atoms with van der Waals surface area (Å²) < 4.78 is 1.68. The Morgan fingerprint density at radius 2 is 2.33 bits per heavy atom. The molecule has 0 bridgehead atoms. The molecule has 2 rings (SSSR count). The van der Waals surface area contributed by atoms with Gasteiger partial charge in [-0.2, -0.15) is 0 Å². The number of aliphatic hydroxyl groups excluding tert-OH is 1. The van der Waals surface area contributed by atoms with Crippen LogP contribution in [0.1, 0.15) is 17.5 Å². The molecule has 1 unspecified atom stereocenters. The number of rotatable bonds is 3. The van der Waals surface area contributed by atoms with Crippen molar-refractivity contribution in [3.05, 3.63) is 29.6 Å². The number of aliphatic hydroxyl groups is 1. The second kappa shape index (κ2) is 3.96. The van der Waals surface area contributed by atoms with Crippen molar-refractivity contribution in [3.8, 4) is 0 Å². The zero-order chi connectivity index (χ0) is 10.8. The monoisotopic (exact) mass is 206 g/mol. The van der Waals surface area contributed by atoms with Crippen molar-refractivity contribution < 1.29 is 5.11 Å². The molecule has 0 spiro atoms. The molecule has 2 heterocycles. The summed E-state index contributed by atoms with van der Waals surface area (Å²) in [6.45, 7) is 2.40. The maximum absolute atomic E-state index is 9.88. The van der Waals surface area contributed by atoms with Gasteiger partial charge in [0, 0.05) is 6.54 Å². The van der Waals surface area contributed by atoms with E-state index in [1.54, 1.807) is 11.6 Å². The highest BCUT2D eigenvalue weighted by atomic mass is 16.3. The molecule has 80 valence electrons. The van der Waals surface area contributed by atoms with Crippen LogP contribution < -0.4 is 5.32 Å². The summed E-state index contributed by atoms with van der Waals surface area (Å²) in [4.78, 5) is 0. The fourth-order valence-electron chi connectivity index (χ4n) is 1.60. The van der Waals surface area contributed by atoms with Gasteiger partial charge in [-0.05, 0) is 26.1 Å². The molecule has 0 aliphatic heterocycles. The van der Waals surface area contributed by atoms with Gasteiger partial charge in [0.15, 0.2) is 0 Å². The van der Waals surface area contributed by atoms with Gasteiger partial charge in [0.1, 0.15) is 6.10 Å². The molecule has 0 aliphatic carbocycles. The minimum atomic E-state index is -0.570. The van der Waals surface area contributed by atoms with Gasteiger partial charge < -0.3 is 10.4 Å². The molecule has 15 heavy (non-hydrogen) atoms. The van der Waals surface area contributed by atoms with E-state index in [1.165, 1.54) is 0 Å². The van der Waals surface area contributed by atoms with E-state index in [1.807, 2.05) is 25.1 Å². The van der Waals surface area contributed by atoms with Gasteiger partial charge in [-0.15, -0.1) is 5.10 Å². The first-order valence-corrected chi connectivity index (χ1v) is 4.87.